The number of carbonyl (C=O) groups excluding carboxylic acids is 1. The molecule has 1 aromatic carbocycles. The monoisotopic (exact) mass is 278 g/mol. The number of amidine groups is 1. The zero-order chi connectivity index (χ0) is 14.8. The summed E-state index contributed by atoms with van der Waals surface area (Å²) in [6.45, 7) is 3.23. The lowest BCUT2D eigenvalue weighted by atomic mass is 9.95. The second-order valence-electron chi connectivity index (χ2n) is 5.32. The summed E-state index contributed by atoms with van der Waals surface area (Å²) in [5, 5.41) is 7.07. The fourth-order valence-corrected chi connectivity index (χ4v) is 2.56. The van der Waals surface area contributed by atoms with Crippen molar-refractivity contribution < 1.29 is 10.1 Å². The molecule has 0 fully saturated rings. The van der Waals surface area contributed by atoms with Gasteiger partial charge < -0.3 is 4.90 Å². The van der Waals surface area contributed by atoms with Gasteiger partial charge in [-0.15, -0.1) is 0 Å². The molecule has 0 saturated heterocycles. The van der Waals surface area contributed by atoms with Crippen molar-refractivity contribution in [3.05, 3.63) is 59.3 Å². The zero-order valence-corrected chi connectivity index (χ0v) is 11.8. The van der Waals surface area contributed by atoms with Crippen LogP contribution in [0.4, 0.5) is 0 Å². The van der Waals surface area contributed by atoms with Crippen LogP contribution < -0.4 is 5.26 Å². The minimum absolute atomic E-state index is 0.106. The SMILES string of the molecule is CC1=CN2CC(C(=O)c3ccc(C#[NH+])cc3)CN=C2C=C1. The van der Waals surface area contributed by atoms with Crippen molar-refractivity contribution in [3.63, 3.8) is 0 Å². The highest BCUT2D eigenvalue weighted by molar-refractivity contribution is 6.01. The highest BCUT2D eigenvalue weighted by Gasteiger charge is 2.27. The van der Waals surface area contributed by atoms with Crippen LogP contribution in [0, 0.1) is 12.0 Å². The first kappa shape index (κ1) is 13.3. The van der Waals surface area contributed by atoms with Crippen molar-refractivity contribution in [2.75, 3.05) is 13.1 Å². The van der Waals surface area contributed by atoms with Crippen molar-refractivity contribution >= 4 is 11.6 Å². The van der Waals surface area contributed by atoms with E-state index in [1.165, 1.54) is 0 Å². The number of hydrogen-bond acceptors (Lipinski definition) is 3. The van der Waals surface area contributed by atoms with Crippen molar-refractivity contribution in [1.82, 2.24) is 4.90 Å². The summed E-state index contributed by atoms with van der Waals surface area (Å²) >= 11 is 0. The lowest BCUT2D eigenvalue weighted by Gasteiger charge is -2.31. The topological polar surface area (TPSA) is 56.5 Å². The third-order valence-electron chi connectivity index (χ3n) is 3.72. The van der Waals surface area contributed by atoms with E-state index < -0.39 is 0 Å². The molecule has 0 aromatic heterocycles. The molecule has 4 nitrogen and oxygen atoms in total. The molecule has 4 heteroatoms. The minimum atomic E-state index is -0.126. The second-order valence-corrected chi connectivity index (χ2v) is 5.32. The highest BCUT2D eigenvalue weighted by Crippen LogP contribution is 2.20. The molecule has 0 saturated carbocycles. The van der Waals surface area contributed by atoms with Crippen LogP contribution in [0.2, 0.25) is 0 Å². The molecule has 0 spiro atoms. The highest BCUT2D eigenvalue weighted by atomic mass is 16.1. The summed E-state index contributed by atoms with van der Waals surface area (Å²) in [5.74, 6) is 0.910. The third-order valence-corrected chi connectivity index (χ3v) is 3.72. The molecule has 2 aliphatic rings. The van der Waals surface area contributed by atoms with E-state index in [-0.39, 0.29) is 11.7 Å². The Hall–Kier alpha value is -2.67. The predicted octanol–water partition coefficient (Wildman–Crippen LogP) is 0.794. The molecular formula is C17H16N3O+. The maximum Gasteiger partial charge on any atom is 0.308 e. The Morgan fingerprint density at radius 3 is 2.81 bits per heavy atom. The van der Waals surface area contributed by atoms with E-state index in [0.717, 1.165) is 11.4 Å². The fraction of sp³-hybridized carbons (Fsp3) is 0.235. The standard InChI is InChI=1S/C17H15N3O/c1-12-2-7-16-19-9-15(11-20(16)10-12)17(21)14-5-3-13(8-18)4-6-14/h2-7,10,15H,9,11H2,1H3/p+1. The quantitative estimate of drug-likeness (QED) is 0.813. The maximum absolute atomic E-state index is 12.6. The minimum Gasteiger partial charge on any atom is -0.332 e. The van der Waals surface area contributed by atoms with Gasteiger partial charge in [-0.2, -0.15) is 0 Å². The lowest BCUT2D eigenvalue weighted by molar-refractivity contribution is -0.0909. The maximum atomic E-state index is 12.6. The Kier molecular flexibility index (Phi) is 3.41. The Bertz CT molecular complexity index is 705. The molecule has 1 N–H and O–H groups in total. The zero-order valence-electron chi connectivity index (χ0n) is 11.8. The third kappa shape index (κ3) is 2.63. The number of nitrogens with zero attached hydrogens (tertiary/aromatic N) is 2. The number of Topliss-reactive ketones (excluding diaryl/α,β-unsaturated/α-hetero) is 1. The van der Waals surface area contributed by atoms with Crippen LogP contribution in [0.5, 0.6) is 0 Å². The van der Waals surface area contributed by atoms with E-state index in [1.807, 2.05) is 30.2 Å². The molecule has 2 heterocycles. The van der Waals surface area contributed by atoms with Crippen LogP contribution in [0.25, 0.3) is 0 Å². The van der Waals surface area contributed by atoms with Crippen LogP contribution in [0.1, 0.15) is 22.8 Å². The normalized spacial score (nSPS) is 20.2. The molecule has 104 valence electrons. The summed E-state index contributed by atoms with van der Waals surface area (Å²) in [6.07, 6.45) is 6.06. The van der Waals surface area contributed by atoms with Crippen LogP contribution in [-0.2, 0) is 0 Å². The molecule has 2 aliphatic heterocycles. The Labute approximate surface area is 123 Å². The van der Waals surface area contributed by atoms with Gasteiger partial charge >= 0.3 is 6.07 Å². The largest absolute Gasteiger partial charge is 0.332 e. The van der Waals surface area contributed by atoms with E-state index in [2.05, 4.69) is 11.1 Å². The van der Waals surface area contributed by atoms with E-state index in [4.69, 9.17) is 5.26 Å². The van der Waals surface area contributed by atoms with Gasteiger partial charge in [0, 0.05) is 18.3 Å². The van der Waals surface area contributed by atoms with Gasteiger partial charge in [0.05, 0.1) is 12.5 Å². The summed E-state index contributed by atoms with van der Waals surface area (Å²) < 4.78 is 0. The Morgan fingerprint density at radius 1 is 1.33 bits per heavy atom. The van der Waals surface area contributed by atoms with Crippen LogP contribution in [0.15, 0.2) is 53.2 Å². The average Bonchev–Trinajstić information content (AvgIpc) is 2.53. The summed E-state index contributed by atoms with van der Waals surface area (Å²) in [7, 11) is 0. The second kappa shape index (κ2) is 5.37. The first-order chi connectivity index (χ1) is 10.2. The van der Waals surface area contributed by atoms with Crippen LogP contribution in [-0.4, -0.2) is 29.6 Å². The summed E-state index contributed by atoms with van der Waals surface area (Å²) in [6, 6.07) is 9.31. The van der Waals surface area contributed by atoms with Gasteiger partial charge in [0.15, 0.2) is 5.78 Å². The first-order valence-electron chi connectivity index (χ1n) is 6.92. The smallest absolute Gasteiger partial charge is 0.308 e. The molecule has 0 radical (unpaired) electrons. The molecule has 0 bridgehead atoms. The van der Waals surface area contributed by atoms with Crippen LogP contribution >= 0.6 is 0 Å². The summed E-state index contributed by atoms with van der Waals surface area (Å²) in [5.41, 5.74) is 2.51. The molecule has 21 heavy (non-hydrogen) atoms. The number of rotatable bonds is 2. The van der Waals surface area contributed by atoms with Gasteiger partial charge in [-0.1, -0.05) is 11.3 Å². The number of aliphatic imine (C=N–C) groups is 1. The number of hydrogen-bond donors (Lipinski definition) is 1. The number of nitrogens with one attached hydrogen (secondary N) is 1. The van der Waals surface area contributed by atoms with Gasteiger partial charge in [0.25, 0.3) is 0 Å². The van der Waals surface area contributed by atoms with Gasteiger partial charge in [-0.25, -0.2) is 0 Å². The van der Waals surface area contributed by atoms with E-state index in [9.17, 15) is 4.79 Å². The van der Waals surface area contributed by atoms with Gasteiger partial charge in [-0.05, 0) is 42.8 Å². The number of carbonyl (C=O) groups is 1. The first-order valence-corrected chi connectivity index (χ1v) is 6.92. The average molecular weight is 278 g/mol. The predicted molar refractivity (Wildman–Crippen MR) is 80.1 cm³/mol. The molecular weight excluding hydrogens is 262 g/mol. The number of ketones is 1. The van der Waals surface area contributed by atoms with Gasteiger partial charge in [-0.3, -0.25) is 9.79 Å². The molecule has 0 amide bonds. The Balaban J connectivity index is 1.79. The van der Waals surface area contributed by atoms with E-state index in [0.29, 0.717) is 24.2 Å². The van der Waals surface area contributed by atoms with E-state index in [1.54, 1.807) is 24.3 Å². The molecule has 1 atom stereocenters. The van der Waals surface area contributed by atoms with Crippen molar-refractivity contribution in [1.29, 1.82) is 0 Å². The van der Waals surface area contributed by atoms with Crippen molar-refractivity contribution in [2.45, 2.75) is 6.92 Å². The molecule has 1 unspecified atom stereocenters. The molecule has 1 aromatic rings. The van der Waals surface area contributed by atoms with Gasteiger partial charge in [0.1, 0.15) is 11.4 Å². The van der Waals surface area contributed by atoms with Gasteiger partial charge in [0.2, 0.25) is 0 Å². The summed E-state index contributed by atoms with van der Waals surface area (Å²) in [4.78, 5) is 19.1. The van der Waals surface area contributed by atoms with Crippen LogP contribution in [0.3, 0.4) is 0 Å². The molecule has 0 aliphatic carbocycles. The van der Waals surface area contributed by atoms with Crippen molar-refractivity contribution in [2.24, 2.45) is 10.9 Å². The molecule has 3 rings (SSSR count). The number of fused-ring (bicyclic) bond motifs is 1. The number of benzene rings is 1. The fourth-order valence-electron chi connectivity index (χ4n) is 2.56. The number of allylic oxidation sites excluding steroid dienone is 2. The Morgan fingerprint density at radius 2 is 2.10 bits per heavy atom. The van der Waals surface area contributed by atoms with E-state index >= 15 is 0 Å². The lowest BCUT2D eigenvalue weighted by Crippen LogP contribution is -2.40. The van der Waals surface area contributed by atoms with Crippen molar-refractivity contribution in [3.8, 4) is 6.07 Å².